The third-order valence-corrected chi connectivity index (χ3v) is 0. The Hall–Kier alpha value is 0.940. The Morgan fingerprint density at radius 2 is 0.333 bits per heavy atom. The molecule has 20 nitrogen and oxygen atoms in total. The summed E-state index contributed by atoms with van der Waals surface area (Å²) in [6, 6.07) is 0. The molecule has 0 aromatic carbocycles. The van der Waals surface area contributed by atoms with E-state index in [2.05, 4.69) is 0 Å². The molecule has 0 heterocycles. The van der Waals surface area contributed by atoms with Crippen LogP contribution in [0.4, 0.5) is 0 Å². The van der Waals surface area contributed by atoms with Crippen LogP contribution < -0.4 is 41.9 Å². The summed E-state index contributed by atoms with van der Waals surface area (Å²) >= 11 is 0. The van der Waals surface area contributed by atoms with E-state index < -0.39 is 30.7 Å². The van der Waals surface area contributed by atoms with E-state index in [9.17, 15) is 0 Å². The number of halogens is 3. The molecule has 0 saturated carbocycles. The Morgan fingerprint density at radius 3 is 0.333 bits per heavy atom. The Labute approximate surface area is 156 Å². The van der Waals surface area contributed by atoms with Gasteiger partial charge in [0.15, 0.2) is 0 Å². The maximum absolute atomic E-state index is 8.60. The first-order valence-electron chi connectivity index (χ1n) is 1.90. The van der Waals surface area contributed by atoms with Crippen molar-refractivity contribution < 1.29 is 130 Å². The zero-order chi connectivity index (χ0) is 13.5. The molecule has 19 N–H and O–H groups in total. The van der Waals surface area contributed by atoms with Crippen molar-refractivity contribution in [3.05, 3.63) is 0 Å². The van der Waals surface area contributed by atoms with Crippen LogP contribution in [0.15, 0.2) is 0 Å². The normalized spacial score (nSPS) is 7.50. The van der Waals surface area contributed by atoms with Crippen LogP contribution in [0.1, 0.15) is 0 Å². The van der Waals surface area contributed by atoms with Crippen LogP contribution in [0.5, 0.6) is 0 Å². The van der Waals surface area contributed by atoms with Gasteiger partial charge in [0, 0.05) is 25.8 Å². The molecule has 0 fully saturated rings. The molecule has 0 aliphatic carbocycles. The van der Waals surface area contributed by atoms with Gasteiger partial charge in [-0.15, -0.1) is 0 Å². The van der Waals surface area contributed by atoms with Gasteiger partial charge in [-0.05, 0) is 0 Å². The summed E-state index contributed by atoms with van der Waals surface area (Å²) < 4.78 is 98.2. The van der Waals surface area contributed by atoms with E-state index in [4.69, 9.17) is 55.9 Å². The second kappa shape index (κ2) is 35.1. The molecule has 0 amide bonds. The van der Waals surface area contributed by atoms with Gasteiger partial charge < -0.3 is 43.8 Å². The monoisotopic (exact) mass is 559 g/mol. The van der Waals surface area contributed by atoms with Crippen LogP contribution in [0.3, 0.4) is 0 Å². The molecule has 0 aromatic rings. The maximum atomic E-state index is 8.60. The van der Waals surface area contributed by atoms with Crippen molar-refractivity contribution in [3.8, 4) is 0 Å². The first-order chi connectivity index (χ1) is 6.00. The van der Waals surface area contributed by atoms with E-state index in [0.29, 0.717) is 0 Å². The van der Waals surface area contributed by atoms with E-state index in [1.54, 1.807) is 0 Å². The second-order valence-corrected chi connectivity index (χ2v) is 3.56. The molecule has 163 valence electrons. The molecule has 0 bridgehead atoms. The molecule has 0 rings (SSSR count). The van der Waals surface area contributed by atoms with Gasteiger partial charge in [-0.25, -0.2) is 0 Å². The smallest absolute Gasteiger partial charge is 0.0777 e. The summed E-state index contributed by atoms with van der Waals surface area (Å²) in [4.78, 5) is 0. The van der Waals surface area contributed by atoms with Crippen molar-refractivity contribution in [3.63, 3.8) is 0 Å². The van der Waals surface area contributed by atoms with Crippen molar-refractivity contribution >= 4 is 25.8 Å². The average molecular weight is 560 g/mol. The zero-order valence-corrected chi connectivity index (χ0v) is 16.3. The van der Waals surface area contributed by atoms with E-state index in [0.717, 1.165) is 0 Å². The van der Waals surface area contributed by atoms with Crippen molar-refractivity contribution in [1.29, 1.82) is 0 Å². The summed E-state index contributed by atoms with van der Waals surface area (Å²) in [6.07, 6.45) is 0. The molecule has 0 aliphatic heterocycles. The van der Waals surface area contributed by atoms with Gasteiger partial charge in [0.05, 0.1) is 44.7 Å². The summed E-state index contributed by atoms with van der Waals surface area (Å²) in [5.74, 6) is 0. The minimum Gasteiger partial charge on any atom is -0.412 e. The van der Waals surface area contributed by atoms with Crippen LogP contribution >= 0.6 is 0 Å². The van der Waals surface area contributed by atoms with E-state index >= 15 is 0 Å². The van der Waals surface area contributed by atoms with E-state index in [1.165, 1.54) is 0 Å². The number of rotatable bonds is 0. The molecule has 0 aromatic heterocycles. The molecule has 24 heavy (non-hydrogen) atoms. The van der Waals surface area contributed by atoms with Crippen LogP contribution in [-0.4, -0.2) is 83.6 Å². The Morgan fingerprint density at radius 1 is 0.333 bits per heavy atom. The summed E-state index contributed by atoms with van der Waals surface area (Å²) in [5.41, 5.74) is 0. The fourth-order valence-electron chi connectivity index (χ4n) is 0. The molecule has 24 heteroatoms. The molecule has 3 radical (unpaired) electrons. The first kappa shape index (κ1) is 85.4. The largest absolute Gasteiger partial charge is 0.412 e. The van der Waals surface area contributed by atoms with Gasteiger partial charge in [-0.2, -0.15) is 41.9 Å². The molecule has 0 unspecified atom stereocenters. The van der Waals surface area contributed by atoms with Gasteiger partial charge in [0.1, 0.15) is 0 Å². The predicted octanol–water partition coefficient (Wildman–Crippen LogP) is -19.4. The standard InChI is InChI=1S/3ClHO4.In.8H2O/c3*2-1(3,4)5;;;;;;;;;/h3*(H,2,3,4,5);;8*1H2. The van der Waals surface area contributed by atoms with Gasteiger partial charge in [-0.3, -0.25) is 0 Å². The topological polar surface area (TPSA) is 520 Å². The van der Waals surface area contributed by atoms with Gasteiger partial charge in [0.25, 0.3) is 0 Å². The molecule has 0 aliphatic rings. The maximum Gasteiger partial charge on any atom is 0.0777 e. The fraction of sp³-hybridized carbons (Fsp3) is 0. The van der Waals surface area contributed by atoms with Gasteiger partial charge >= 0.3 is 0 Å². The molecule has 0 spiro atoms. The minimum absolute atomic E-state index is 0. The predicted molar refractivity (Wildman–Crippen MR) is 41.3 cm³/mol. The van der Waals surface area contributed by atoms with Crippen LogP contribution in [-0.2, 0) is 0 Å². The van der Waals surface area contributed by atoms with E-state index in [1.807, 2.05) is 0 Å². The Kier molecular flexibility index (Phi) is 125. The van der Waals surface area contributed by atoms with Crippen molar-refractivity contribution in [2.75, 3.05) is 0 Å². The summed E-state index contributed by atoms with van der Waals surface area (Å²) in [7, 11) is -14.1. The van der Waals surface area contributed by atoms with Crippen molar-refractivity contribution in [2.24, 2.45) is 0 Å². The van der Waals surface area contributed by atoms with Crippen molar-refractivity contribution in [1.82, 2.24) is 0 Å². The molecule has 0 atom stereocenters. The quantitative estimate of drug-likeness (QED) is 0.248. The molecular weight excluding hydrogens is 541 g/mol. The van der Waals surface area contributed by atoms with Crippen LogP contribution in [0, 0.1) is 30.7 Å². The van der Waals surface area contributed by atoms with Gasteiger partial charge in [-0.1, -0.05) is 0 Å². The number of hydrogen-bond donors (Lipinski definition) is 3. The van der Waals surface area contributed by atoms with Gasteiger partial charge in [0.2, 0.25) is 0 Å². The summed E-state index contributed by atoms with van der Waals surface area (Å²) in [5, 5.41) is 0. The second-order valence-electron chi connectivity index (χ2n) is 1.19. The molecule has 0 saturated heterocycles. The zero-order valence-electron chi connectivity index (χ0n) is 10.7. The summed E-state index contributed by atoms with van der Waals surface area (Å²) in [6.45, 7) is 0. The minimum atomic E-state index is -4.69. The fourth-order valence-corrected chi connectivity index (χ4v) is 0. The Balaban J connectivity index is -0.00000000758. The Bertz CT molecular complexity index is 93.9. The number of hydrogen-bond acceptors (Lipinski definition) is 12. The third kappa shape index (κ3) is 12500. The third-order valence-electron chi connectivity index (χ3n) is 0. The van der Waals surface area contributed by atoms with Crippen LogP contribution in [0.25, 0.3) is 0 Å². The average Bonchev–Trinajstić information content (AvgIpc) is 1.41. The van der Waals surface area contributed by atoms with Crippen LogP contribution in [0.2, 0.25) is 0 Å². The van der Waals surface area contributed by atoms with E-state index in [-0.39, 0.29) is 69.7 Å². The molecular formula is H19Cl3InO20. The SMILES string of the molecule is O.O.O.O.O.O.O.O.[In].[O-][Cl+3]([O-])([O-])O.[O-][Cl+3]([O-])([O-])O.[O-][Cl+3]([O-])([O-])O. The first-order valence-corrected chi connectivity index (χ1v) is 5.69. The van der Waals surface area contributed by atoms with Crippen molar-refractivity contribution in [2.45, 2.75) is 0 Å².